The van der Waals surface area contributed by atoms with E-state index in [1.807, 2.05) is 0 Å². The van der Waals surface area contributed by atoms with Crippen LogP contribution in [0.1, 0.15) is 18.1 Å². The zero-order valence-corrected chi connectivity index (χ0v) is 8.10. The second kappa shape index (κ2) is 4.53. The molecule has 0 heterocycles. The van der Waals surface area contributed by atoms with Crippen LogP contribution < -0.4 is 0 Å². The van der Waals surface area contributed by atoms with Crippen molar-refractivity contribution < 1.29 is 10.0 Å². The van der Waals surface area contributed by atoms with E-state index in [-0.39, 0.29) is 17.9 Å². The maximum Gasteiger partial charge on any atom is 0.290 e. The van der Waals surface area contributed by atoms with E-state index in [1.165, 1.54) is 12.1 Å². The van der Waals surface area contributed by atoms with Crippen LogP contribution in [0.5, 0.6) is 0 Å². The summed E-state index contributed by atoms with van der Waals surface area (Å²) in [5.74, 6) is 0.471. The SMILES string of the molecule is C[C](CO)c1cccc(C#N)c1[N+](=O)[O-]. The van der Waals surface area contributed by atoms with Crippen molar-refractivity contribution in [3.63, 3.8) is 0 Å². The van der Waals surface area contributed by atoms with Gasteiger partial charge in [-0.2, -0.15) is 5.26 Å². The Hall–Kier alpha value is -1.93. The highest BCUT2D eigenvalue weighted by Gasteiger charge is 2.22. The van der Waals surface area contributed by atoms with Gasteiger partial charge >= 0.3 is 0 Å². The van der Waals surface area contributed by atoms with Gasteiger partial charge in [-0.15, -0.1) is 0 Å². The summed E-state index contributed by atoms with van der Waals surface area (Å²) in [6.45, 7) is 1.32. The lowest BCUT2D eigenvalue weighted by atomic mass is 9.97. The maximum atomic E-state index is 10.8. The van der Waals surface area contributed by atoms with Crippen molar-refractivity contribution in [2.24, 2.45) is 0 Å². The molecule has 1 aromatic carbocycles. The molecule has 0 aromatic heterocycles. The minimum atomic E-state index is -0.604. The van der Waals surface area contributed by atoms with Crippen LogP contribution in [0.3, 0.4) is 0 Å². The number of nitrogens with zero attached hydrogens (tertiary/aromatic N) is 2. The molecule has 0 aliphatic rings. The van der Waals surface area contributed by atoms with Crippen molar-refractivity contribution in [2.45, 2.75) is 6.92 Å². The van der Waals surface area contributed by atoms with Crippen LogP contribution in [-0.2, 0) is 0 Å². The molecular weight excluding hydrogens is 196 g/mol. The van der Waals surface area contributed by atoms with E-state index in [1.54, 1.807) is 19.1 Å². The molecule has 1 aromatic rings. The highest BCUT2D eigenvalue weighted by molar-refractivity contribution is 5.58. The highest BCUT2D eigenvalue weighted by Crippen LogP contribution is 2.28. The van der Waals surface area contributed by atoms with Crippen molar-refractivity contribution in [1.82, 2.24) is 0 Å². The number of aliphatic hydroxyl groups is 1. The lowest BCUT2D eigenvalue weighted by Gasteiger charge is -2.08. The molecule has 1 rings (SSSR count). The number of nitriles is 1. The van der Waals surface area contributed by atoms with Gasteiger partial charge in [0.05, 0.1) is 11.5 Å². The topological polar surface area (TPSA) is 87.2 Å². The van der Waals surface area contributed by atoms with Gasteiger partial charge in [0.1, 0.15) is 11.6 Å². The molecule has 1 N–H and O–H groups in total. The number of nitro groups is 1. The molecule has 0 aliphatic heterocycles. The molecule has 0 atom stereocenters. The fourth-order valence-corrected chi connectivity index (χ4v) is 1.26. The van der Waals surface area contributed by atoms with Gasteiger partial charge in [-0.3, -0.25) is 10.1 Å². The molecule has 0 fully saturated rings. The van der Waals surface area contributed by atoms with Crippen LogP contribution in [0, 0.1) is 27.4 Å². The lowest BCUT2D eigenvalue weighted by Crippen LogP contribution is -2.05. The van der Waals surface area contributed by atoms with Crippen molar-refractivity contribution >= 4 is 5.69 Å². The van der Waals surface area contributed by atoms with Gasteiger partial charge in [0.25, 0.3) is 5.69 Å². The standard InChI is InChI=1S/C10H9N2O3/c1-7(6-13)9-4-2-3-8(5-11)10(9)12(14)15/h2-4,13H,6H2,1H3. The summed E-state index contributed by atoms with van der Waals surface area (Å²) in [5, 5.41) is 28.4. The molecule has 15 heavy (non-hydrogen) atoms. The Balaban J connectivity index is 3.40. The van der Waals surface area contributed by atoms with Gasteiger partial charge in [-0.25, -0.2) is 0 Å². The van der Waals surface area contributed by atoms with Crippen molar-refractivity contribution in [2.75, 3.05) is 6.61 Å². The minimum absolute atomic E-state index is 0.00491. The van der Waals surface area contributed by atoms with E-state index in [9.17, 15) is 10.1 Å². The van der Waals surface area contributed by atoms with E-state index in [0.29, 0.717) is 11.5 Å². The molecule has 0 amide bonds. The fraction of sp³-hybridized carbons (Fsp3) is 0.200. The molecule has 5 heteroatoms. The maximum absolute atomic E-state index is 10.8. The summed E-state index contributed by atoms with van der Waals surface area (Å²) in [4.78, 5) is 10.2. The average molecular weight is 205 g/mol. The second-order valence-corrected chi connectivity index (χ2v) is 3.01. The van der Waals surface area contributed by atoms with Crippen LogP contribution >= 0.6 is 0 Å². The number of nitro benzene ring substituents is 1. The third-order valence-corrected chi connectivity index (χ3v) is 2.04. The van der Waals surface area contributed by atoms with Gasteiger partial charge in [-0.05, 0) is 6.07 Å². The molecule has 0 spiro atoms. The van der Waals surface area contributed by atoms with E-state index in [4.69, 9.17) is 10.4 Å². The monoisotopic (exact) mass is 205 g/mol. The number of aliphatic hydroxyl groups excluding tert-OH is 1. The first-order valence-corrected chi connectivity index (χ1v) is 4.23. The number of rotatable bonds is 3. The van der Waals surface area contributed by atoms with E-state index in [2.05, 4.69) is 0 Å². The molecular formula is C10H9N2O3. The summed E-state index contributed by atoms with van der Waals surface area (Å²) in [6, 6.07) is 6.21. The number of para-hydroxylation sites is 1. The lowest BCUT2D eigenvalue weighted by molar-refractivity contribution is -0.385. The molecule has 0 saturated heterocycles. The Labute approximate surface area is 86.7 Å². The summed E-state index contributed by atoms with van der Waals surface area (Å²) in [5.41, 5.74) is 0.0680. The van der Waals surface area contributed by atoms with E-state index in [0.717, 1.165) is 0 Å². The summed E-state index contributed by atoms with van der Waals surface area (Å²) < 4.78 is 0. The summed E-state index contributed by atoms with van der Waals surface area (Å²) >= 11 is 0. The molecule has 1 radical (unpaired) electrons. The summed E-state index contributed by atoms with van der Waals surface area (Å²) in [7, 11) is 0. The zero-order valence-electron chi connectivity index (χ0n) is 8.10. The predicted molar refractivity (Wildman–Crippen MR) is 52.9 cm³/mol. The summed E-state index contributed by atoms with van der Waals surface area (Å²) in [6.07, 6.45) is 0. The van der Waals surface area contributed by atoms with Crippen LogP contribution in [0.4, 0.5) is 5.69 Å². The molecule has 77 valence electrons. The molecule has 0 unspecified atom stereocenters. The van der Waals surface area contributed by atoms with Crippen LogP contribution in [0.25, 0.3) is 0 Å². The average Bonchev–Trinajstić information content (AvgIpc) is 2.26. The number of hydrogen-bond acceptors (Lipinski definition) is 4. The first kappa shape index (κ1) is 11.1. The van der Waals surface area contributed by atoms with E-state index < -0.39 is 4.92 Å². The van der Waals surface area contributed by atoms with E-state index >= 15 is 0 Å². The number of hydrogen-bond donors (Lipinski definition) is 1. The second-order valence-electron chi connectivity index (χ2n) is 3.01. The smallest absolute Gasteiger partial charge is 0.290 e. The van der Waals surface area contributed by atoms with Gasteiger partial charge in [0.15, 0.2) is 0 Å². The third-order valence-electron chi connectivity index (χ3n) is 2.04. The van der Waals surface area contributed by atoms with Gasteiger partial charge in [0, 0.05) is 11.5 Å². The zero-order chi connectivity index (χ0) is 11.4. The molecule has 5 nitrogen and oxygen atoms in total. The van der Waals surface area contributed by atoms with Crippen LogP contribution in [0.2, 0.25) is 0 Å². The molecule has 0 saturated carbocycles. The van der Waals surface area contributed by atoms with Crippen LogP contribution in [0.15, 0.2) is 18.2 Å². The van der Waals surface area contributed by atoms with Crippen molar-refractivity contribution in [3.05, 3.63) is 45.4 Å². The van der Waals surface area contributed by atoms with Gasteiger partial charge < -0.3 is 5.11 Å². The highest BCUT2D eigenvalue weighted by atomic mass is 16.6. The normalized spacial score (nSPS) is 10.0. The van der Waals surface area contributed by atoms with Crippen molar-refractivity contribution in [3.8, 4) is 6.07 Å². The minimum Gasteiger partial charge on any atom is -0.395 e. The van der Waals surface area contributed by atoms with Gasteiger partial charge in [0.2, 0.25) is 0 Å². The van der Waals surface area contributed by atoms with Gasteiger partial charge in [-0.1, -0.05) is 19.1 Å². The Morgan fingerprint density at radius 1 is 1.67 bits per heavy atom. The Kier molecular flexibility index (Phi) is 3.37. The van der Waals surface area contributed by atoms with Crippen LogP contribution in [-0.4, -0.2) is 16.6 Å². The quantitative estimate of drug-likeness (QED) is 0.596. The Morgan fingerprint density at radius 3 is 2.80 bits per heavy atom. The third kappa shape index (κ3) is 2.11. The Bertz CT molecular complexity index is 423. The first-order valence-electron chi connectivity index (χ1n) is 4.23. The van der Waals surface area contributed by atoms with Crippen molar-refractivity contribution in [1.29, 1.82) is 5.26 Å². The largest absolute Gasteiger partial charge is 0.395 e. The predicted octanol–water partition coefficient (Wildman–Crippen LogP) is 1.40. The first-order chi connectivity index (χ1) is 7.11. The fourth-order valence-electron chi connectivity index (χ4n) is 1.26. The Morgan fingerprint density at radius 2 is 2.33 bits per heavy atom. The number of benzene rings is 1. The molecule has 0 aliphatic carbocycles. The molecule has 0 bridgehead atoms.